The molecule has 11 nitrogen and oxygen atoms in total. The van der Waals surface area contributed by atoms with Gasteiger partial charge in [0.05, 0.1) is 33.3 Å². The van der Waals surface area contributed by atoms with E-state index in [9.17, 15) is 15.0 Å². The van der Waals surface area contributed by atoms with Gasteiger partial charge in [0.25, 0.3) is 5.56 Å². The summed E-state index contributed by atoms with van der Waals surface area (Å²) < 4.78 is 20.5. The second-order valence-electron chi connectivity index (χ2n) is 10.0. The number of nitrogens with two attached hydrogens (primary N) is 1. The zero-order valence-corrected chi connectivity index (χ0v) is 23.1. The Bertz CT molecular complexity index is 1740. The summed E-state index contributed by atoms with van der Waals surface area (Å²) in [4.78, 5) is 23.8. The number of methoxy groups -OCH3 is 2. The molecular weight excluding hydrogens is 538 g/mol. The van der Waals surface area contributed by atoms with Crippen molar-refractivity contribution in [2.24, 2.45) is 0 Å². The third kappa shape index (κ3) is 4.13. The lowest BCUT2D eigenvalue weighted by molar-refractivity contribution is -0.0432. The van der Waals surface area contributed by atoms with Crippen LogP contribution in [0, 0.1) is 0 Å². The van der Waals surface area contributed by atoms with E-state index in [1.54, 1.807) is 18.8 Å². The number of hydrogen-bond acceptors (Lipinski definition) is 9. The lowest BCUT2D eigenvalue weighted by atomic mass is 9.75. The molecule has 0 aliphatic carbocycles. The van der Waals surface area contributed by atoms with Gasteiger partial charge in [-0.25, -0.2) is 4.98 Å². The maximum Gasteiger partial charge on any atom is 0.284 e. The minimum Gasteiger partial charge on any atom is -0.496 e. The number of aliphatic hydroxyl groups is 2. The maximum absolute atomic E-state index is 14.7. The van der Waals surface area contributed by atoms with Gasteiger partial charge in [-0.15, -0.1) is 0 Å². The first kappa shape index (κ1) is 27.5. The van der Waals surface area contributed by atoms with Crippen molar-refractivity contribution in [3.63, 3.8) is 0 Å². The molecule has 216 valence electrons. The number of anilines is 1. The smallest absolute Gasteiger partial charge is 0.284 e. The van der Waals surface area contributed by atoms with Gasteiger partial charge < -0.3 is 30.2 Å². The number of ether oxygens (including phenoxy) is 3. The van der Waals surface area contributed by atoms with Crippen molar-refractivity contribution >= 4 is 17.1 Å². The molecule has 1 fully saturated rings. The van der Waals surface area contributed by atoms with Gasteiger partial charge in [-0.2, -0.15) is 4.98 Å². The summed E-state index contributed by atoms with van der Waals surface area (Å²) in [5.74, 6) is 0.951. The molecular formula is C31H31N5O6. The largest absolute Gasteiger partial charge is 0.496 e. The molecule has 5 aromatic rings. The van der Waals surface area contributed by atoms with E-state index in [0.717, 1.165) is 0 Å². The molecule has 11 heteroatoms. The van der Waals surface area contributed by atoms with Gasteiger partial charge in [0.2, 0.25) is 5.95 Å². The standard InChI is InChI=1S/C31H31N5O6/c1-40-23-14-8-6-12-20(23)31(19-10-4-3-5-11-19,21-13-7-9-15-24(21)41-2)36-29(39)27-28(34-30(36)32)35(18-33-27)26-16-22(38)25(17-37)42-26/h3-15,18,22,25-26,37-38H,16-17H2,1-2H3,(H2,32,34)/t22-,25+,26+/m0/s1. The SMILES string of the molecule is COc1ccccc1C(c1ccccc1)(c1ccccc1OC)n1c(N)nc2c(ncn2[C@H]2C[C@H](O)[C@@H](CO)O2)c1=O. The first-order chi connectivity index (χ1) is 20.4. The normalized spacial score (nSPS) is 18.8. The highest BCUT2D eigenvalue weighted by Crippen LogP contribution is 2.48. The number of rotatable bonds is 8. The Balaban J connectivity index is 1.72. The van der Waals surface area contributed by atoms with Gasteiger partial charge in [0.15, 0.2) is 11.2 Å². The average Bonchev–Trinajstić information content (AvgIpc) is 3.62. The van der Waals surface area contributed by atoms with Crippen molar-refractivity contribution < 1.29 is 24.4 Å². The van der Waals surface area contributed by atoms with Crippen LogP contribution in [0.2, 0.25) is 0 Å². The number of hydrogen-bond donors (Lipinski definition) is 3. The molecule has 42 heavy (non-hydrogen) atoms. The number of aromatic nitrogens is 4. The molecule has 0 radical (unpaired) electrons. The molecule has 1 aliphatic heterocycles. The van der Waals surface area contributed by atoms with Crippen LogP contribution in [0.5, 0.6) is 11.5 Å². The zero-order valence-electron chi connectivity index (χ0n) is 23.1. The van der Waals surface area contributed by atoms with Gasteiger partial charge in [-0.1, -0.05) is 66.7 Å². The van der Waals surface area contributed by atoms with E-state index < -0.39 is 29.5 Å². The Morgan fingerprint density at radius 3 is 2.14 bits per heavy atom. The molecule has 1 saturated heterocycles. The van der Waals surface area contributed by atoms with Crippen LogP contribution >= 0.6 is 0 Å². The van der Waals surface area contributed by atoms with Gasteiger partial charge in [0.1, 0.15) is 29.4 Å². The summed E-state index contributed by atoms with van der Waals surface area (Å²) >= 11 is 0. The van der Waals surface area contributed by atoms with Gasteiger partial charge in [-0.3, -0.25) is 13.9 Å². The minimum atomic E-state index is -1.41. The fourth-order valence-corrected chi connectivity index (χ4v) is 5.96. The molecule has 6 rings (SSSR count). The highest BCUT2D eigenvalue weighted by molar-refractivity contribution is 5.72. The molecule has 2 aromatic heterocycles. The molecule has 0 unspecified atom stereocenters. The Hall–Kier alpha value is -4.71. The maximum atomic E-state index is 14.7. The lowest BCUT2D eigenvalue weighted by Crippen LogP contribution is -2.46. The molecule has 1 aliphatic rings. The topological polar surface area (TPSA) is 147 Å². The molecule has 0 spiro atoms. The van der Waals surface area contributed by atoms with Gasteiger partial charge in [-0.05, 0) is 17.7 Å². The van der Waals surface area contributed by atoms with Crippen molar-refractivity contribution in [1.82, 2.24) is 19.1 Å². The molecule has 3 atom stereocenters. The molecule has 4 N–H and O–H groups in total. The van der Waals surface area contributed by atoms with Crippen molar-refractivity contribution in [1.29, 1.82) is 0 Å². The summed E-state index contributed by atoms with van der Waals surface area (Å²) in [6, 6.07) is 24.3. The van der Waals surface area contributed by atoms with Gasteiger partial charge >= 0.3 is 0 Å². The number of fused-ring (bicyclic) bond motifs is 1. The Morgan fingerprint density at radius 2 is 1.57 bits per heavy atom. The van der Waals surface area contributed by atoms with Crippen LogP contribution in [0.25, 0.3) is 11.2 Å². The predicted octanol–water partition coefficient (Wildman–Crippen LogP) is 2.67. The summed E-state index contributed by atoms with van der Waals surface area (Å²) in [6.45, 7) is -0.343. The van der Waals surface area contributed by atoms with Crippen LogP contribution in [-0.4, -0.2) is 62.3 Å². The Kier molecular flexibility index (Phi) is 7.15. The van der Waals surface area contributed by atoms with E-state index in [1.165, 1.54) is 10.9 Å². The first-order valence-electron chi connectivity index (χ1n) is 13.5. The molecule has 0 amide bonds. The highest BCUT2D eigenvalue weighted by Gasteiger charge is 2.46. The van der Waals surface area contributed by atoms with Crippen molar-refractivity contribution in [2.45, 2.75) is 30.4 Å². The third-order valence-corrected chi connectivity index (χ3v) is 7.84. The van der Waals surface area contributed by atoms with E-state index in [4.69, 9.17) is 24.9 Å². The van der Waals surface area contributed by atoms with E-state index in [2.05, 4.69) is 4.98 Å². The van der Waals surface area contributed by atoms with Crippen LogP contribution < -0.4 is 20.8 Å². The summed E-state index contributed by atoms with van der Waals surface area (Å²) in [5, 5.41) is 19.9. The number of nitrogen functional groups attached to an aromatic ring is 1. The van der Waals surface area contributed by atoms with Crippen LogP contribution in [-0.2, 0) is 10.3 Å². The van der Waals surface area contributed by atoms with Gasteiger partial charge in [0, 0.05) is 17.5 Å². The first-order valence-corrected chi connectivity index (χ1v) is 13.5. The van der Waals surface area contributed by atoms with E-state index in [0.29, 0.717) is 28.2 Å². The van der Waals surface area contributed by atoms with Crippen LogP contribution in [0.3, 0.4) is 0 Å². The highest BCUT2D eigenvalue weighted by atomic mass is 16.5. The monoisotopic (exact) mass is 569 g/mol. The van der Waals surface area contributed by atoms with Crippen molar-refractivity contribution in [2.75, 3.05) is 26.6 Å². The van der Waals surface area contributed by atoms with Crippen LogP contribution in [0.1, 0.15) is 29.3 Å². The average molecular weight is 570 g/mol. The number of benzene rings is 3. The second kappa shape index (κ2) is 10.9. The van der Waals surface area contributed by atoms with E-state index in [-0.39, 0.29) is 30.1 Å². The summed E-state index contributed by atoms with van der Waals surface area (Å²) in [6.07, 6.45) is -0.690. The number of para-hydroxylation sites is 2. The predicted molar refractivity (Wildman–Crippen MR) is 156 cm³/mol. The quantitative estimate of drug-likeness (QED) is 0.240. The zero-order chi connectivity index (χ0) is 29.4. The van der Waals surface area contributed by atoms with Crippen LogP contribution in [0.15, 0.2) is 90.0 Å². The van der Waals surface area contributed by atoms with Crippen molar-refractivity contribution in [3.05, 3.63) is 112 Å². The fourth-order valence-electron chi connectivity index (χ4n) is 5.96. The second-order valence-corrected chi connectivity index (χ2v) is 10.0. The Labute approximate surface area is 241 Å². The summed E-state index contributed by atoms with van der Waals surface area (Å²) in [7, 11) is 3.14. The molecule has 0 saturated carbocycles. The van der Waals surface area contributed by atoms with Crippen LogP contribution in [0.4, 0.5) is 5.95 Å². The Morgan fingerprint density at radius 1 is 0.976 bits per heavy atom. The van der Waals surface area contributed by atoms with E-state index in [1.807, 2.05) is 78.9 Å². The number of nitrogens with zero attached hydrogens (tertiary/aromatic N) is 4. The number of aliphatic hydroxyl groups excluding tert-OH is 2. The molecule has 0 bridgehead atoms. The summed E-state index contributed by atoms with van der Waals surface area (Å²) in [5.41, 5.74) is 7.09. The fraction of sp³-hybridized carbons (Fsp3) is 0.258. The third-order valence-electron chi connectivity index (χ3n) is 7.84. The number of imidazole rings is 1. The van der Waals surface area contributed by atoms with E-state index >= 15 is 0 Å². The molecule has 3 heterocycles. The minimum absolute atomic E-state index is 0.0554. The van der Waals surface area contributed by atoms with Crippen molar-refractivity contribution in [3.8, 4) is 11.5 Å². The molecule has 3 aromatic carbocycles. The lowest BCUT2D eigenvalue weighted by Gasteiger charge is -2.39.